The number of aliphatic imine (C=N–C) groups is 1. The summed E-state index contributed by atoms with van der Waals surface area (Å²) in [6.45, 7) is 0.616. The summed E-state index contributed by atoms with van der Waals surface area (Å²) in [5, 5.41) is 2.88. The highest BCUT2D eigenvalue weighted by Gasteiger charge is 2.46. The number of Topliss-reactive ketones (excluding diaryl/α,β-unsaturated/α-hetero) is 1. The topological polar surface area (TPSA) is 58.5 Å². The SMILES string of the molecule is O=C1NCCC2=C1C(c1ccc(Cl)s1)C1C(=O)CCC1=N2. The van der Waals surface area contributed by atoms with E-state index in [1.165, 1.54) is 11.3 Å². The van der Waals surface area contributed by atoms with Crippen LogP contribution in [-0.2, 0) is 9.59 Å². The van der Waals surface area contributed by atoms with Crippen molar-refractivity contribution in [3.8, 4) is 0 Å². The van der Waals surface area contributed by atoms with E-state index in [4.69, 9.17) is 11.6 Å². The minimum absolute atomic E-state index is 0.0896. The van der Waals surface area contributed by atoms with Crippen molar-refractivity contribution in [2.45, 2.75) is 25.2 Å². The van der Waals surface area contributed by atoms with Crippen molar-refractivity contribution in [3.63, 3.8) is 0 Å². The van der Waals surface area contributed by atoms with Gasteiger partial charge >= 0.3 is 0 Å². The maximum Gasteiger partial charge on any atom is 0.249 e. The first kappa shape index (κ1) is 13.2. The molecule has 1 amide bonds. The van der Waals surface area contributed by atoms with Crippen LogP contribution in [0.2, 0.25) is 4.34 Å². The maximum atomic E-state index is 12.3. The van der Waals surface area contributed by atoms with Crippen LogP contribution in [0.5, 0.6) is 0 Å². The van der Waals surface area contributed by atoms with E-state index in [1.807, 2.05) is 12.1 Å². The van der Waals surface area contributed by atoms with E-state index in [1.54, 1.807) is 0 Å². The van der Waals surface area contributed by atoms with Crippen LogP contribution in [0.1, 0.15) is 30.1 Å². The van der Waals surface area contributed by atoms with Crippen LogP contribution in [0.4, 0.5) is 0 Å². The molecule has 0 saturated heterocycles. The summed E-state index contributed by atoms with van der Waals surface area (Å²) in [5.74, 6) is -0.385. The van der Waals surface area contributed by atoms with Crippen molar-refractivity contribution in [3.05, 3.63) is 32.6 Å². The van der Waals surface area contributed by atoms with Gasteiger partial charge in [0.05, 0.1) is 16.0 Å². The van der Waals surface area contributed by atoms with Crippen LogP contribution in [0, 0.1) is 5.92 Å². The number of amides is 1. The molecule has 1 aromatic heterocycles. The van der Waals surface area contributed by atoms with Gasteiger partial charge in [0.15, 0.2) is 0 Å². The number of halogens is 1. The molecule has 3 aliphatic rings. The first-order chi connectivity index (χ1) is 10.1. The predicted molar refractivity (Wildman–Crippen MR) is 81.9 cm³/mol. The van der Waals surface area contributed by atoms with Crippen molar-refractivity contribution < 1.29 is 9.59 Å². The zero-order valence-corrected chi connectivity index (χ0v) is 12.8. The number of nitrogens with zero attached hydrogens (tertiary/aromatic N) is 1. The average molecular weight is 321 g/mol. The van der Waals surface area contributed by atoms with Crippen molar-refractivity contribution in [1.29, 1.82) is 0 Å². The fourth-order valence-corrected chi connectivity index (χ4v) is 4.69. The number of hydrogen-bond acceptors (Lipinski definition) is 4. The number of thiophene rings is 1. The molecule has 3 heterocycles. The van der Waals surface area contributed by atoms with Crippen molar-refractivity contribution in [2.24, 2.45) is 10.9 Å². The second-order valence-electron chi connectivity index (χ2n) is 5.53. The number of carbonyl (C=O) groups is 2. The molecule has 2 aliphatic heterocycles. The molecule has 1 N–H and O–H groups in total. The van der Waals surface area contributed by atoms with Gasteiger partial charge in [0.2, 0.25) is 5.91 Å². The fraction of sp³-hybridized carbons (Fsp3) is 0.400. The number of hydrogen-bond donors (Lipinski definition) is 1. The van der Waals surface area contributed by atoms with Gasteiger partial charge in [-0.1, -0.05) is 11.6 Å². The van der Waals surface area contributed by atoms with Gasteiger partial charge in [-0.3, -0.25) is 14.6 Å². The summed E-state index contributed by atoms with van der Waals surface area (Å²) in [6.07, 6.45) is 1.99. The molecule has 0 spiro atoms. The Morgan fingerprint density at radius 3 is 2.81 bits per heavy atom. The van der Waals surface area contributed by atoms with Crippen LogP contribution in [0.25, 0.3) is 0 Å². The Morgan fingerprint density at radius 2 is 2.05 bits per heavy atom. The number of ketones is 1. The zero-order valence-electron chi connectivity index (χ0n) is 11.2. The lowest BCUT2D eigenvalue weighted by molar-refractivity contribution is -0.120. The number of fused-ring (bicyclic) bond motifs is 1. The van der Waals surface area contributed by atoms with Gasteiger partial charge in [0.1, 0.15) is 5.78 Å². The molecule has 21 heavy (non-hydrogen) atoms. The lowest BCUT2D eigenvalue weighted by Gasteiger charge is -2.32. The summed E-state index contributed by atoms with van der Waals surface area (Å²) in [5.41, 5.74) is 2.47. The Bertz CT molecular complexity index is 719. The minimum Gasteiger partial charge on any atom is -0.352 e. The summed E-state index contributed by atoms with van der Waals surface area (Å²) < 4.78 is 0.679. The highest BCUT2D eigenvalue weighted by molar-refractivity contribution is 7.16. The highest BCUT2D eigenvalue weighted by Crippen LogP contribution is 2.47. The van der Waals surface area contributed by atoms with E-state index in [-0.39, 0.29) is 23.5 Å². The lowest BCUT2D eigenvalue weighted by Crippen LogP contribution is -2.39. The Morgan fingerprint density at radius 1 is 1.19 bits per heavy atom. The standard InChI is InChI=1S/C15H13ClN2O2S/c16-11-4-3-10(21-11)14-12-7(1-2-9(12)19)18-8-5-6-17-15(20)13(8)14/h3-4,12,14H,1-2,5-6H2,(H,17,20). The highest BCUT2D eigenvalue weighted by atomic mass is 35.5. The third-order valence-electron chi connectivity index (χ3n) is 4.36. The van der Waals surface area contributed by atoms with Gasteiger partial charge in [0.25, 0.3) is 0 Å². The first-order valence-corrected chi connectivity index (χ1v) is 8.21. The molecular formula is C15H13ClN2O2S. The van der Waals surface area contributed by atoms with Gasteiger partial charge in [-0.15, -0.1) is 11.3 Å². The lowest BCUT2D eigenvalue weighted by atomic mass is 9.77. The first-order valence-electron chi connectivity index (χ1n) is 7.02. The molecule has 2 atom stereocenters. The van der Waals surface area contributed by atoms with E-state index >= 15 is 0 Å². The van der Waals surface area contributed by atoms with E-state index in [0.29, 0.717) is 22.9 Å². The molecule has 0 radical (unpaired) electrons. The summed E-state index contributed by atoms with van der Waals surface area (Å²) in [4.78, 5) is 30.3. The van der Waals surface area contributed by atoms with Gasteiger partial charge in [0, 0.05) is 41.5 Å². The van der Waals surface area contributed by atoms with Crippen molar-refractivity contribution >= 4 is 40.3 Å². The molecule has 1 aromatic rings. The van der Waals surface area contributed by atoms with Crippen molar-refractivity contribution in [2.75, 3.05) is 6.54 Å². The number of rotatable bonds is 1. The number of nitrogens with one attached hydrogen (secondary N) is 1. The smallest absolute Gasteiger partial charge is 0.249 e. The summed E-state index contributed by atoms with van der Waals surface area (Å²) >= 11 is 7.50. The predicted octanol–water partition coefficient (Wildman–Crippen LogP) is 2.69. The summed E-state index contributed by atoms with van der Waals surface area (Å²) in [7, 11) is 0. The van der Waals surface area contributed by atoms with Crippen LogP contribution < -0.4 is 5.32 Å². The third kappa shape index (κ3) is 1.99. The Hall–Kier alpha value is -1.46. The van der Waals surface area contributed by atoms with Crippen molar-refractivity contribution in [1.82, 2.24) is 5.32 Å². The quantitative estimate of drug-likeness (QED) is 0.865. The molecule has 1 fully saturated rings. The average Bonchev–Trinajstić information content (AvgIpc) is 3.04. The van der Waals surface area contributed by atoms with Crippen LogP contribution in [0.15, 0.2) is 28.4 Å². The Balaban J connectivity index is 1.90. The van der Waals surface area contributed by atoms with E-state index in [9.17, 15) is 9.59 Å². The van der Waals surface area contributed by atoms with Gasteiger partial charge in [-0.2, -0.15) is 0 Å². The molecule has 6 heteroatoms. The molecule has 4 nitrogen and oxygen atoms in total. The zero-order chi connectivity index (χ0) is 14.6. The minimum atomic E-state index is -0.276. The van der Waals surface area contributed by atoms with E-state index in [2.05, 4.69) is 10.3 Å². The second kappa shape index (κ2) is 4.78. The monoisotopic (exact) mass is 320 g/mol. The van der Waals surface area contributed by atoms with Crippen LogP contribution >= 0.6 is 22.9 Å². The normalized spacial score (nSPS) is 28.1. The maximum absolute atomic E-state index is 12.3. The molecule has 1 saturated carbocycles. The second-order valence-corrected chi connectivity index (χ2v) is 7.28. The van der Waals surface area contributed by atoms with E-state index < -0.39 is 0 Å². The summed E-state index contributed by atoms with van der Waals surface area (Å²) in [6, 6.07) is 3.76. The molecule has 4 rings (SSSR count). The van der Waals surface area contributed by atoms with Crippen LogP contribution in [0.3, 0.4) is 0 Å². The molecule has 108 valence electrons. The van der Waals surface area contributed by atoms with Gasteiger partial charge < -0.3 is 5.32 Å². The molecule has 0 aromatic carbocycles. The molecule has 0 bridgehead atoms. The van der Waals surface area contributed by atoms with Crippen LogP contribution in [-0.4, -0.2) is 23.9 Å². The van der Waals surface area contributed by atoms with E-state index in [0.717, 1.165) is 29.1 Å². The number of carbonyl (C=O) groups excluding carboxylic acids is 2. The largest absolute Gasteiger partial charge is 0.352 e. The Labute approximate surface area is 130 Å². The fourth-order valence-electron chi connectivity index (χ4n) is 3.49. The Kier molecular flexibility index (Phi) is 3.01. The molecule has 1 aliphatic carbocycles. The molecular weight excluding hydrogens is 308 g/mol. The molecule has 2 unspecified atom stereocenters. The van der Waals surface area contributed by atoms with Gasteiger partial charge in [-0.05, 0) is 18.6 Å². The van der Waals surface area contributed by atoms with Gasteiger partial charge in [-0.25, -0.2) is 0 Å². The third-order valence-corrected chi connectivity index (χ3v) is 5.67.